The number of carbonyl (C=O) groups excluding carboxylic acids is 1. The molecule has 0 unspecified atom stereocenters. The second-order valence-corrected chi connectivity index (χ2v) is 5.03. The second kappa shape index (κ2) is 6.88. The normalized spacial score (nSPS) is 12.0. The molecule has 0 spiro atoms. The molecule has 21 heavy (non-hydrogen) atoms. The Hall–Kier alpha value is -2.36. The van der Waals surface area contributed by atoms with E-state index in [9.17, 15) is 14.7 Å². The van der Waals surface area contributed by atoms with E-state index >= 15 is 0 Å². The number of carbonyl (C=O) groups is 2. The lowest BCUT2D eigenvalue weighted by atomic mass is 10.0. The molecule has 0 fully saturated rings. The molecule has 4 heteroatoms. The van der Waals surface area contributed by atoms with Gasteiger partial charge in [0.2, 0.25) is 0 Å². The largest absolute Gasteiger partial charge is 0.480 e. The van der Waals surface area contributed by atoms with E-state index in [0.29, 0.717) is 12.0 Å². The lowest BCUT2D eigenvalue weighted by Crippen LogP contribution is -2.40. The van der Waals surface area contributed by atoms with Crippen molar-refractivity contribution in [1.29, 1.82) is 0 Å². The molecule has 0 saturated heterocycles. The molecule has 2 N–H and O–H groups in total. The zero-order valence-electron chi connectivity index (χ0n) is 12.0. The standard InChI is InChI=1S/C17H19NO3/c1-2-3-11-15(17(20)21)18-16(19)14-10-6-8-12-7-4-5-9-13(12)14/h4-10,15H,2-3,11H2,1H3,(H,18,19)(H,20,21)/t15-/m0/s1. The molecule has 0 aliphatic heterocycles. The molecule has 0 bridgehead atoms. The molecule has 2 rings (SSSR count). The van der Waals surface area contributed by atoms with Gasteiger partial charge in [-0.1, -0.05) is 56.2 Å². The highest BCUT2D eigenvalue weighted by molar-refractivity contribution is 6.07. The van der Waals surface area contributed by atoms with Crippen LogP contribution in [0, 0.1) is 0 Å². The summed E-state index contributed by atoms with van der Waals surface area (Å²) in [6, 6.07) is 12.2. The fourth-order valence-electron chi connectivity index (χ4n) is 2.33. The first-order valence-corrected chi connectivity index (χ1v) is 7.15. The van der Waals surface area contributed by atoms with Gasteiger partial charge in [0, 0.05) is 5.56 Å². The number of amides is 1. The Bertz CT molecular complexity index is 646. The number of fused-ring (bicyclic) bond motifs is 1. The summed E-state index contributed by atoms with van der Waals surface area (Å²) in [6.45, 7) is 1.99. The van der Waals surface area contributed by atoms with E-state index in [0.717, 1.165) is 23.6 Å². The van der Waals surface area contributed by atoms with Crippen LogP contribution in [-0.2, 0) is 4.79 Å². The van der Waals surface area contributed by atoms with E-state index in [1.54, 1.807) is 12.1 Å². The highest BCUT2D eigenvalue weighted by atomic mass is 16.4. The number of carboxylic acids is 1. The number of aliphatic carboxylic acids is 1. The third-order valence-corrected chi connectivity index (χ3v) is 3.48. The van der Waals surface area contributed by atoms with Gasteiger partial charge < -0.3 is 10.4 Å². The summed E-state index contributed by atoms with van der Waals surface area (Å²) in [5.41, 5.74) is 0.510. The second-order valence-electron chi connectivity index (χ2n) is 5.03. The van der Waals surface area contributed by atoms with E-state index in [2.05, 4.69) is 5.32 Å². The Morgan fingerprint density at radius 3 is 2.57 bits per heavy atom. The van der Waals surface area contributed by atoms with Gasteiger partial charge in [-0.25, -0.2) is 4.79 Å². The van der Waals surface area contributed by atoms with Crippen LogP contribution in [0.4, 0.5) is 0 Å². The van der Waals surface area contributed by atoms with Gasteiger partial charge in [0.1, 0.15) is 6.04 Å². The van der Waals surface area contributed by atoms with Crippen LogP contribution < -0.4 is 5.32 Å². The molecule has 0 heterocycles. The van der Waals surface area contributed by atoms with Crippen LogP contribution in [0.2, 0.25) is 0 Å². The minimum atomic E-state index is -0.989. The molecule has 0 aromatic heterocycles. The van der Waals surface area contributed by atoms with Crippen LogP contribution in [0.25, 0.3) is 10.8 Å². The molecule has 0 aliphatic rings. The van der Waals surface area contributed by atoms with Crippen molar-refractivity contribution in [3.8, 4) is 0 Å². The Kier molecular flexibility index (Phi) is 4.93. The summed E-state index contributed by atoms with van der Waals surface area (Å²) in [7, 11) is 0. The van der Waals surface area contributed by atoms with Crippen molar-refractivity contribution in [2.75, 3.05) is 0 Å². The minimum absolute atomic E-state index is 0.338. The number of hydrogen-bond acceptors (Lipinski definition) is 2. The van der Waals surface area contributed by atoms with E-state index < -0.39 is 12.0 Å². The van der Waals surface area contributed by atoms with E-state index in [1.807, 2.05) is 37.3 Å². The van der Waals surface area contributed by atoms with Crippen molar-refractivity contribution in [3.63, 3.8) is 0 Å². The Morgan fingerprint density at radius 2 is 1.86 bits per heavy atom. The number of benzene rings is 2. The predicted molar refractivity (Wildman–Crippen MR) is 82.4 cm³/mol. The third-order valence-electron chi connectivity index (χ3n) is 3.48. The van der Waals surface area contributed by atoms with Crippen LogP contribution in [0.3, 0.4) is 0 Å². The van der Waals surface area contributed by atoms with E-state index in [4.69, 9.17) is 0 Å². The summed E-state index contributed by atoms with van der Waals surface area (Å²) >= 11 is 0. The van der Waals surface area contributed by atoms with Crippen LogP contribution in [-0.4, -0.2) is 23.0 Å². The number of hydrogen-bond donors (Lipinski definition) is 2. The zero-order chi connectivity index (χ0) is 15.2. The Morgan fingerprint density at radius 1 is 1.14 bits per heavy atom. The van der Waals surface area contributed by atoms with Gasteiger partial charge in [0.05, 0.1) is 0 Å². The quantitative estimate of drug-likeness (QED) is 0.856. The summed E-state index contributed by atoms with van der Waals surface area (Å²) < 4.78 is 0. The average molecular weight is 285 g/mol. The van der Waals surface area contributed by atoms with Crippen LogP contribution >= 0.6 is 0 Å². The lowest BCUT2D eigenvalue weighted by molar-refractivity contribution is -0.139. The average Bonchev–Trinajstić information content (AvgIpc) is 2.50. The smallest absolute Gasteiger partial charge is 0.326 e. The van der Waals surface area contributed by atoms with Crippen molar-refractivity contribution in [2.24, 2.45) is 0 Å². The molecule has 2 aromatic carbocycles. The fraction of sp³-hybridized carbons (Fsp3) is 0.294. The van der Waals surface area contributed by atoms with Crippen LogP contribution in [0.15, 0.2) is 42.5 Å². The van der Waals surface area contributed by atoms with Crippen molar-refractivity contribution < 1.29 is 14.7 Å². The number of carboxylic acid groups (broad SMARTS) is 1. The zero-order valence-corrected chi connectivity index (χ0v) is 12.0. The van der Waals surface area contributed by atoms with Gasteiger partial charge in [-0.15, -0.1) is 0 Å². The third kappa shape index (κ3) is 3.60. The highest BCUT2D eigenvalue weighted by Gasteiger charge is 2.20. The van der Waals surface area contributed by atoms with E-state index in [-0.39, 0.29) is 5.91 Å². The lowest BCUT2D eigenvalue weighted by Gasteiger charge is -2.15. The predicted octanol–water partition coefficient (Wildman–Crippen LogP) is 3.21. The molecule has 0 saturated carbocycles. The van der Waals surface area contributed by atoms with Crippen LogP contribution in [0.1, 0.15) is 36.5 Å². The molecule has 110 valence electrons. The molecule has 0 aliphatic carbocycles. The maximum atomic E-state index is 12.4. The monoisotopic (exact) mass is 285 g/mol. The summed E-state index contributed by atoms with van der Waals surface area (Å²) in [6.07, 6.45) is 2.11. The van der Waals surface area contributed by atoms with Gasteiger partial charge in [-0.05, 0) is 23.3 Å². The number of nitrogens with one attached hydrogen (secondary N) is 1. The van der Waals surface area contributed by atoms with Gasteiger partial charge in [-0.2, -0.15) is 0 Å². The molecule has 2 aromatic rings. The van der Waals surface area contributed by atoms with Gasteiger partial charge in [0.25, 0.3) is 5.91 Å². The number of unbranched alkanes of at least 4 members (excludes halogenated alkanes) is 1. The first kappa shape index (κ1) is 15.0. The summed E-state index contributed by atoms with van der Waals surface area (Å²) in [5, 5.41) is 13.6. The van der Waals surface area contributed by atoms with Gasteiger partial charge >= 0.3 is 5.97 Å². The van der Waals surface area contributed by atoms with Gasteiger partial charge in [0.15, 0.2) is 0 Å². The summed E-state index contributed by atoms with van der Waals surface area (Å²) in [5.74, 6) is -1.33. The summed E-state index contributed by atoms with van der Waals surface area (Å²) in [4.78, 5) is 23.6. The van der Waals surface area contributed by atoms with Crippen molar-refractivity contribution in [2.45, 2.75) is 32.2 Å². The van der Waals surface area contributed by atoms with Crippen molar-refractivity contribution >= 4 is 22.6 Å². The first-order chi connectivity index (χ1) is 10.1. The molecule has 1 amide bonds. The van der Waals surface area contributed by atoms with Crippen LogP contribution in [0.5, 0.6) is 0 Å². The maximum Gasteiger partial charge on any atom is 0.326 e. The van der Waals surface area contributed by atoms with Crippen molar-refractivity contribution in [1.82, 2.24) is 5.32 Å². The fourth-order valence-corrected chi connectivity index (χ4v) is 2.33. The van der Waals surface area contributed by atoms with E-state index in [1.165, 1.54) is 0 Å². The molecule has 0 radical (unpaired) electrons. The number of rotatable bonds is 6. The highest BCUT2D eigenvalue weighted by Crippen LogP contribution is 2.18. The maximum absolute atomic E-state index is 12.4. The Labute approximate surface area is 123 Å². The topological polar surface area (TPSA) is 66.4 Å². The molecular weight excluding hydrogens is 266 g/mol. The molecule has 4 nitrogen and oxygen atoms in total. The SMILES string of the molecule is CCCC[C@H](NC(=O)c1cccc2ccccc12)C(=O)O. The minimum Gasteiger partial charge on any atom is -0.480 e. The molecular formula is C17H19NO3. The molecule has 1 atom stereocenters. The Balaban J connectivity index is 2.23. The van der Waals surface area contributed by atoms with Gasteiger partial charge in [-0.3, -0.25) is 4.79 Å². The first-order valence-electron chi connectivity index (χ1n) is 7.15. The van der Waals surface area contributed by atoms with Crippen molar-refractivity contribution in [3.05, 3.63) is 48.0 Å².